The van der Waals surface area contributed by atoms with Crippen molar-refractivity contribution in [2.24, 2.45) is 0 Å². The number of phenols is 1. The van der Waals surface area contributed by atoms with Crippen LogP contribution in [0.5, 0.6) is 5.75 Å². The van der Waals surface area contributed by atoms with E-state index >= 15 is 0 Å². The quantitative estimate of drug-likeness (QED) is 0.833. The van der Waals surface area contributed by atoms with Gasteiger partial charge in [0, 0.05) is 17.2 Å². The van der Waals surface area contributed by atoms with E-state index in [2.05, 4.69) is 0 Å². The molecule has 3 rings (SSSR count). The van der Waals surface area contributed by atoms with Crippen molar-refractivity contribution < 1.29 is 28.2 Å². The second-order valence-electron chi connectivity index (χ2n) is 7.21. The topological polar surface area (TPSA) is 60.8 Å². The molecule has 1 amide bonds. The largest absolute Gasteiger partial charge is 0.508 e. The maximum Gasteiger partial charge on any atom is 0.416 e. The predicted molar refractivity (Wildman–Crippen MR) is 76.0 cm³/mol. The molecule has 2 N–H and O–H groups in total. The van der Waals surface area contributed by atoms with Gasteiger partial charge < -0.3 is 15.1 Å². The van der Waals surface area contributed by atoms with Crippen LogP contribution in [0.15, 0.2) is 12.1 Å². The molecule has 7 heteroatoms. The van der Waals surface area contributed by atoms with Crippen molar-refractivity contribution in [1.82, 2.24) is 4.90 Å². The fourth-order valence-electron chi connectivity index (χ4n) is 3.94. The summed E-state index contributed by atoms with van der Waals surface area (Å²) in [6, 6.07) is 1.43. The van der Waals surface area contributed by atoms with Gasteiger partial charge in [-0.1, -0.05) is 0 Å². The molecule has 0 aromatic heterocycles. The highest BCUT2D eigenvalue weighted by Gasteiger charge is 2.55. The van der Waals surface area contributed by atoms with Gasteiger partial charge in [0.15, 0.2) is 0 Å². The van der Waals surface area contributed by atoms with Crippen molar-refractivity contribution in [2.45, 2.75) is 57.0 Å². The lowest BCUT2D eigenvalue weighted by atomic mass is 9.75. The van der Waals surface area contributed by atoms with E-state index in [1.54, 1.807) is 20.8 Å². The maximum atomic E-state index is 13.4. The minimum atomic E-state index is -4.67. The molecule has 4 nitrogen and oxygen atoms in total. The first-order chi connectivity index (χ1) is 10.3. The highest BCUT2D eigenvalue weighted by atomic mass is 19.4. The van der Waals surface area contributed by atoms with Gasteiger partial charge in [-0.05, 0) is 45.7 Å². The van der Waals surface area contributed by atoms with Crippen LogP contribution in [0.1, 0.15) is 55.1 Å². The summed E-state index contributed by atoms with van der Waals surface area (Å²) in [5, 5.41) is 19.5. The minimum absolute atomic E-state index is 0.112. The van der Waals surface area contributed by atoms with Crippen molar-refractivity contribution in [1.29, 1.82) is 0 Å². The van der Waals surface area contributed by atoms with E-state index in [9.17, 15) is 28.2 Å². The molecule has 126 valence electrons. The van der Waals surface area contributed by atoms with Gasteiger partial charge in [-0.25, -0.2) is 0 Å². The number of halogens is 3. The van der Waals surface area contributed by atoms with E-state index in [0.29, 0.717) is 18.9 Å². The molecule has 1 aliphatic heterocycles. The van der Waals surface area contributed by atoms with E-state index in [4.69, 9.17) is 0 Å². The molecule has 2 aliphatic rings. The van der Waals surface area contributed by atoms with Gasteiger partial charge in [0.1, 0.15) is 5.75 Å². The summed E-state index contributed by atoms with van der Waals surface area (Å²) >= 11 is 0. The number of hydrogen-bond donors (Lipinski definition) is 2. The number of benzene rings is 1. The summed E-state index contributed by atoms with van der Waals surface area (Å²) in [7, 11) is 0. The Labute approximate surface area is 131 Å². The van der Waals surface area contributed by atoms with Gasteiger partial charge in [-0.2, -0.15) is 13.2 Å². The summed E-state index contributed by atoms with van der Waals surface area (Å²) < 4.78 is 40.1. The highest BCUT2D eigenvalue weighted by molar-refractivity contribution is 6.01. The molecule has 1 aromatic rings. The van der Waals surface area contributed by atoms with Gasteiger partial charge >= 0.3 is 6.18 Å². The third-order valence-corrected chi connectivity index (χ3v) is 4.81. The average Bonchev–Trinajstić information content (AvgIpc) is 2.52. The van der Waals surface area contributed by atoms with Crippen molar-refractivity contribution in [2.75, 3.05) is 0 Å². The van der Waals surface area contributed by atoms with Gasteiger partial charge in [0.05, 0.1) is 16.7 Å². The smallest absolute Gasteiger partial charge is 0.416 e. The van der Waals surface area contributed by atoms with Gasteiger partial charge in [-0.3, -0.25) is 4.79 Å². The normalized spacial score (nSPS) is 29.4. The fraction of sp³-hybridized carbons (Fsp3) is 0.562. The molecule has 1 fully saturated rings. The van der Waals surface area contributed by atoms with Crippen LogP contribution in [-0.2, 0) is 11.7 Å². The molecule has 23 heavy (non-hydrogen) atoms. The molecule has 0 radical (unpaired) electrons. The highest BCUT2D eigenvalue weighted by Crippen LogP contribution is 2.51. The second-order valence-corrected chi connectivity index (χ2v) is 7.21. The zero-order chi connectivity index (χ0) is 17.4. The van der Waals surface area contributed by atoms with Crippen molar-refractivity contribution in [3.8, 4) is 5.75 Å². The number of fused-ring (bicyclic) bond motifs is 1. The van der Waals surface area contributed by atoms with Gasteiger partial charge in [0.2, 0.25) is 0 Å². The number of alkyl halides is 3. The Morgan fingerprint density at radius 3 is 2.26 bits per heavy atom. The van der Waals surface area contributed by atoms with Crippen LogP contribution in [0.4, 0.5) is 13.2 Å². The van der Waals surface area contributed by atoms with E-state index in [-0.39, 0.29) is 17.2 Å². The maximum absolute atomic E-state index is 13.4. The Kier molecular flexibility index (Phi) is 3.09. The van der Waals surface area contributed by atoms with Crippen LogP contribution in [-0.4, -0.2) is 32.7 Å². The molecule has 0 bridgehead atoms. The van der Waals surface area contributed by atoms with Crippen molar-refractivity contribution in [3.05, 3.63) is 28.8 Å². The van der Waals surface area contributed by atoms with E-state index in [1.807, 2.05) is 0 Å². The number of carbonyl (C=O) groups excluding carboxylic acids is 1. The summed E-state index contributed by atoms with van der Waals surface area (Å²) in [5.41, 5.74) is -3.27. The average molecular weight is 329 g/mol. The Balaban J connectivity index is 2.13. The van der Waals surface area contributed by atoms with Crippen molar-refractivity contribution >= 4 is 5.91 Å². The van der Waals surface area contributed by atoms with E-state index < -0.39 is 34.5 Å². The third-order valence-electron chi connectivity index (χ3n) is 4.81. The first-order valence-electron chi connectivity index (χ1n) is 7.35. The van der Waals surface area contributed by atoms with Crippen LogP contribution in [0.2, 0.25) is 0 Å². The molecule has 0 spiro atoms. The molecule has 1 aromatic carbocycles. The monoisotopic (exact) mass is 329 g/mol. The number of carbonyl (C=O) groups is 1. The van der Waals surface area contributed by atoms with Crippen LogP contribution < -0.4 is 0 Å². The zero-order valence-electron chi connectivity index (χ0n) is 13.0. The lowest BCUT2D eigenvalue weighted by Gasteiger charge is -2.50. The Morgan fingerprint density at radius 2 is 1.78 bits per heavy atom. The molecule has 0 saturated heterocycles. The third kappa shape index (κ3) is 2.29. The Hall–Kier alpha value is -1.76. The summed E-state index contributed by atoms with van der Waals surface area (Å²) in [6.07, 6.45) is -4.02. The standard InChI is InChI=1S/C16H18F3NO3/c1-14(2)12-10(4-9(21)5-11(12)16(17,18)19)13(22)20(14)8-6-15(3,23)7-8/h4-5,8,21,23H,6-7H2,1-3H3. The molecule has 0 unspecified atom stereocenters. The Morgan fingerprint density at radius 1 is 1.22 bits per heavy atom. The van der Waals surface area contributed by atoms with Crippen molar-refractivity contribution in [3.63, 3.8) is 0 Å². The first kappa shape index (κ1) is 16.1. The summed E-state index contributed by atoms with van der Waals surface area (Å²) in [4.78, 5) is 14.1. The number of amides is 1. The second kappa shape index (κ2) is 4.41. The first-order valence-corrected chi connectivity index (χ1v) is 7.35. The number of nitrogens with zero attached hydrogens (tertiary/aromatic N) is 1. The van der Waals surface area contributed by atoms with Crippen LogP contribution in [0, 0.1) is 0 Å². The number of phenolic OH excluding ortho intramolecular Hbond substituents is 1. The van der Waals surface area contributed by atoms with Crippen LogP contribution in [0.25, 0.3) is 0 Å². The lowest BCUT2D eigenvalue weighted by molar-refractivity contribution is -0.140. The molecule has 1 aliphatic carbocycles. The molecular weight excluding hydrogens is 311 g/mol. The molecule has 1 saturated carbocycles. The van der Waals surface area contributed by atoms with Crippen LogP contribution in [0.3, 0.4) is 0 Å². The number of hydrogen-bond acceptors (Lipinski definition) is 3. The number of aliphatic hydroxyl groups is 1. The van der Waals surface area contributed by atoms with E-state index in [0.717, 1.165) is 6.07 Å². The number of rotatable bonds is 1. The molecule has 1 heterocycles. The fourth-order valence-corrected chi connectivity index (χ4v) is 3.94. The van der Waals surface area contributed by atoms with Gasteiger partial charge in [-0.15, -0.1) is 0 Å². The lowest BCUT2D eigenvalue weighted by Crippen LogP contribution is -2.58. The Bertz CT molecular complexity index is 687. The molecule has 0 atom stereocenters. The zero-order valence-corrected chi connectivity index (χ0v) is 13.0. The number of aromatic hydroxyl groups is 1. The predicted octanol–water partition coefficient (Wildman–Crippen LogP) is 3.02. The SMILES string of the molecule is CC1(O)CC(N2C(=O)c3cc(O)cc(C(F)(F)F)c3C2(C)C)C1. The summed E-state index contributed by atoms with van der Waals surface area (Å²) in [6.45, 7) is 4.77. The summed E-state index contributed by atoms with van der Waals surface area (Å²) in [5.74, 6) is -1.12. The molecular formula is C16H18F3NO3. The minimum Gasteiger partial charge on any atom is -0.508 e. The van der Waals surface area contributed by atoms with Gasteiger partial charge in [0.25, 0.3) is 5.91 Å². The van der Waals surface area contributed by atoms with Crippen LogP contribution >= 0.6 is 0 Å². The van der Waals surface area contributed by atoms with E-state index in [1.165, 1.54) is 4.90 Å².